The summed E-state index contributed by atoms with van der Waals surface area (Å²) in [6, 6.07) is 15.0. The van der Waals surface area contributed by atoms with E-state index in [0.717, 1.165) is 17.9 Å². The van der Waals surface area contributed by atoms with Gasteiger partial charge in [-0.3, -0.25) is 4.79 Å². The predicted molar refractivity (Wildman–Crippen MR) is 98.1 cm³/mol. The average molecular weight is 335 g/mol. The molecule has 0 bridgehead atoms. The zero-order valence-electron chi connectivity index (χ0n) is 14.4. The van der Waals surface area contributed by atoms with Gasteiger partial charge in [0.1, 0.15) is 11.6 Å². The number of nitrogens with zero attached hydrogens (tertiary/aromatic N) is 2. The zero-order chi connectivity index (χ0) is 17.6. The molecule has 3 aromatic rings. The first kappa shape index (κ1) is 16.8. The zero-order valence-corrected chi connectivity index (χ0v) is 14.4. The summed E-state index contributed by atoms with van der Waals surface area (Å²) in [4.78, 5) is 16.7. The van der Waals surface area contributed by atoms with Crippen LogP contribution in [0, 0.1) is 6.92 Å². The van der Waals surface area contributed by atoms with E-state index in [2.05, 4.69) is 14.9 Å². The molecule has 0 fully saturated rings. The SMILES string of the molecule is CCOc1ccccc1NC(=O)c1ccc(Cn2ccnc2C)cc1. The number of carbonyl (C=O) groups is 1. The lowest BCUT2D eigenvalue weighted by atomic mass is 10.1. The quantitative estimate of drug-likeness (QED) is 0.743. The highest BCUT2D eigenvalue weighted by Crippen LogP contribution is 2.24. The van der Waals surface area contributed by atoms with E-state index in [1.54, 1.807) is 6.20 Å². The van der Waals surface area contributed by atoms with Crippen LogP contribution in [0.25, 0.3) is 0 Å². The Balaban J connectivity index is 1.70. The second kappa shape index (κ2) is 7.66. The van der Waals surface area contributed by atoms with Crippen LogP contribution in [0.5, 0.6) is 5.75 Å². The Labute approximate surface area is 147 Å². The van der Waals surface area contributed by atoms with Gasteiger partial charge in [0.25, 0.3) is 5.91 Å². The standard InChI is InChI=1S/C20H21N3O2/c1-3-25-19-7-5-4-6-18(19)22-20(24)17-10-8-16(9-11-17)14-23-13-12-21-15(23)2/h4-13H,3,14H2,1-2H3,(H,22,24). The minimum absolute atomic E-state index is 0.155. The lowest BCUT2D eigenvalue weighted by Crippen LogP contribution is -2.13. The van der Waals surface area contributed by atoms with Gasteiger partial charge in [-0.25, -0.2) is 4.98 Å². The first-order valence-corrected chi connectivity index (χ1v) is 8.27. The van der Waals surface area contributed by atoms with Gasteiger partial charge in [0, 0.05) is 24.5 Å². The molecule has 0 saturated heterocycles. The van der Waals surface area contributed by atoms with Gasteiger partial charge >= 0.3 is 0 Å². The second-order valence-corrected chi connectivity index (χ2v) is 5.68. The number of rotatable bonds is 6. The number of imidazole rings is 1. The number of amides is 1. The van der Waals surface area contributed by atoms with Crippen LogP contribution in [0.4, 0.5) is 5.69 Å². The van der Waals surface area contributed by atoms with Crippen molar-refractivity contribution in [3.8, 4) is 5.75 Å². The number of benzene rings is 2. The minimum Gasteiger partial charge on any atom is -0.492 e. The van der Waals surface area contributed by atoms with Crippen molar-refractivity contribution in [2.24, 2.45) is 0 Å². The third-order valence-corrected chi connectivity index (χ3v) is 3.93. The van der Waals surface area contributed by atoms with E-state index in [1.807, 2.05) is 68.6 Å². The van der Waals surface area contributed by atoms with E-state index in [-0.39, 0.29) is 5.91 Å². The molecular formula is C20H21N3O2. The van der Waals surface area contributed by atoms with Gasteiger partial charge in [0.2, 0.25) is 0 Å². The highest BCUT2D eigenvalue weighted by molar-refractivity contribution is 6.05. The molecule has 3 rings (SSSR count). The largest absolute Gasteiger partial charge is 0.492 e. The maximum atomic E-state index is 12.5. The highest BCUT2D eigenvalue weighted by atomic mass is 16.5. The summed E-state index contributed by atoms with van der Waals surface area (Å²) < 4.78 is 7.60. The third kappa shape index (κ3) is 4.07. The van der Waals surface area contributed by atoms with E-state index in [9.17, 15) is 4.79 Å². The Hall–Kier alpha value is -3.08. The molecule has 25 heavy (non-hydrogen) atoms. The molecule has 5 nitrogen and oxygen atoms in total. The highest BCUT2D eigenvalue weighted by Gasteiger charge is 2.10. The molecular weight excluding hydrogens is 314 g/mol. The molecule has 1 N–H and O–H groups in total. The number of nitrogens with one attached hydrogen (secondary N) is 1. The minimum atomic E-state index is -0.155. The van der Waals surface area contributed by atoms with Crippen molar-refractivity contribution in [1.82, 2.24) is 9.55 Å². The van der Waals surface area contributed by atoms with Crippen molar-refractivity contribution in [1.29, 1.82) is 0 Å². The molecule has 2 aromatic carbocycles. The molecule has 0 aliphatic rings. The normalized spacial score (nSPS) is 10.5. The monoisotopic (exact) mass is 335 g/mol. The molecule has 1 amide bonds. The number of carbonyl (C=O) groups excluding carboxylic acids is 1. The maximum absolute atomic E-state index is 12.5. The summed E-state index contributed by atoms with van der Waals surface area (Å²) in [7, 11) is 0. The molecule has 0 radical (unpaired) electrons. The number of aryl methyl sites for hydroxylation is 1. The van der Waals surface area contributed by atoms with E-state index in [4.69, 9.17) is 4.74 Å². The van der Waals surface area contributed by atoms with Gasteiger partial charge in [-0.15, -0.1) is 0 Å². The van der Waals surface area contributed by atoms with Gasteiger partial charge in [-0.05, 0) is 43.7 Å². The Morgan fingerprint density at radius 1 is 1.16 bits per heavy atom. The van der Waals surface area contributed by atoms with Crippen LogP contribution in [0.1, 0.15) is 28.7 Å². The van der Waals surface area contributed by atoms with Crippen molar-refractivity contribution in [2.45, 2.75) is 20.4 Å². The van der Waals surface area contributed by atoms with E-state index in [0.29, 0.717) is 23.6 Å². The number of anilines is 1. The third-order valence-electron chi connectivity index (χ3n) is 3.93. The van der Waals surface area contributed by atoms with Crippen LogP contribution in [0.2, 0.25) is 0 Å². The van der Waals surface area contributed by atoms with Gasteiger partial charge in [0.15, 0.2) is 0 Å². The number of para-hydroxylation sites is 2. The van der Waals surface area contributed by atoms with Crippen molar-refractivity contribution >= 4 is 11.6 Å². The number of ether oxygens (including phenoxy) is 1. The summed E-state index contributed by atoms with van der Waals surface area (Å²) in [5, 5.41) is 2.91. The van der Waals surface area contributed by atoms with E-state index >= 15 is 0 Å². The summed E-state index contributed by atoms with van der Waals surface area (Å²) in [6.45, 7) is 5.17. The Morgan fingerprint density at radius 3 is 2.60 bits per heavy atom. The lowest BCUT2D eigenvalue weighted by Gasteiger charge is -2.11. The Bertz CT molecular complexity index is 853. The van der Waals surface area contributed by atoms with Crippen molar-refractivity contribution < 1.29 is 9.53 Å². The van der Waals surface area contributed by atoms with Gasteiger partial charge in [0.05, 0.1) is 12.3 Å². The first-order chi connectivity index (χ1) is 12.2. The van der Waals surface area contributed by atoms with E-state index in [1.165, 1.54) is 0 Å². The molecule has 0 aliphatic carbocycles. The predicted octanol–water partition coefficient (Wildman–Crippen LogP) is 3.89. The second-order valence-electron chi connectivity index (χ2n) is 5.68. The number of hydrogen-bond donors (Lipinski definition) is 1. The van der Waals surface area contributed by atoms with Crippen molar-refractivity contribution in [2.75, 3.05) is 11.9 Å². The van der Waals surface area contributed by atoms with Gasteiger partial charge in [-0.1, -0.05) is 24.3 Å². The Morgan fingerprint density at radius 2 is 1.92 bits per heavy atom. The molecule has 0 saturated carbocycles. The smallest absolute Gasteiger partial charge is 0.255 e. The lowest BCUT2D eigenvalue weighted by molar-refractivity contribution is 0.102. The van der Waals surface area contributed by atoms with Crippen LogP contribution in [0.15, 0.2) is 60.9 Å². The van der Waals surface area contributed by atoms with E-state index < -0.39 is 0 Å². The fourth-order valence-electron chi connectivity index (χ4n) is 2.57. The summed E-state index contributed by atoms with van der Waals surface area (Å²) in [6.07, 6.45) is 3.73. The van der Waals surface area contributed by atoms with Crippen LogP contribution >= 0.6 is 0 Å². The van der Waals surface area contributed by atoms with Crippen LogP contribution in [-0.2, 0) is 6.54 Å². The molecule has 5 heteroatoms. The topological polar surface area (TPSA) is 56.1 Å². The van der Waals surface area contributed by atoms with Crippen molar-refractivity contribution in [3.05, 3.63) is 77.9 Å². The molecule has 0 aliphatic heterocycles. The molecule has 0 spiro atoms. The molecule has 1 aromatic heterocycles. The maximum Gasteiger partial charge on any atom is 0.255 e. The van der Waals surface area contributed by atoms with Crippen molar-refractivity contribution in [3.63, 3.8) is 0 Å². The molecule has 1 heterocycles. The molecule has 0 atom stereocenters. The fourth-order valence-corrected chi connectivity index (χ4v) is 2.57. The summed E-state index contributed by atoms with van der Waals surface area (Å²) >= 11 is 0. The van der Waals surface area contributed by atoms with Crippen LogP contribution < -0.4 is 10.1 Å². The van der Waals surface area contributed by atoms with Crippen LogP contribution in [0.3, 0.4) is 0 Å². The summed E-state index contributed by atoms with van der Waals surface area (Å²) in [5.74, 6) is 1.48. The molecule has 0 unspecified atom stereocenters. The molecule has 128 valence electrons. The van der Waals surface area contributed by atoms with Gasteiger partial charge < -0.3 is 14.6 Å². The van der Waals surface area contributed by atoms with Gasteiger partial charge in [-0.2, -0.15) is 0 Å². The number of aromatic nitrogens is 2. The fraction of sp³-hybridized carbons (Fsp3) is 0.200. The summed E-state index contributed by atoms with van der Waals surface area (Å²) in [5.41, 5.74) is 2.40. The Kier molecular flexibility index (Phi) is 5.14. The van der Waals surface area contributed by atoms with Crippen LogP contribution in [-0.4, -0.2) is 22.1 Å². The number of hydrogen-bond acceptors (Lipinski definition) is 3. The first-order valence-electron chi connectivity index (χ1n) is 8.27. The average Bonchev–Trinajstić information content (AvgIpc) is 3.02.